The molecule has 1 aromatic heterocycles. The Morgan fingerprint density at radius 1 is 1.31 bits per heavy atom. The summed E-state index contributed by atoms with van der Waals surface area (Å²) in [6, 6.07) is 9.20. The Bertz CT molecular complexity index is 590. The summed E-state index contributed by atoms with van der Waals surface area (Å²) in [4.78, 5) is 0. The second-order valence-electron chi connectivity index (χ2n) is 3.29. The van der Waals surface area contributed by atoms with Crippen molar-refractivity contribution in [1.82, 2.24) is 10.2 Å². The van der Waals surface area contributed by atoms with Crippen molar-refractivity contribution < 1.29 is 13.2 Å². The molecule has 2 rings (SSSR count). The lowest BCUT2D eigenvalue weighted by atomic mass is 10.2. The van der Waals surface area contributed by atoms with Crippen molar-refractivity contribution in [2.75, 3.05) is 6.26 Å². The van der Waals surface area contributed by atoms with Crippen LogP contribution in [0.1, 0.15) is 5.89 Å². The largest absolute Gasteiger partial charge is 0.416 e. The third-order valence-electron chi connectivity index (χ3n) is 1.78. The van der Waals surface area contributed by atoms with E-state index < -0.39 is 9.80 Å². The van der Waals surface area contributed by atoms with Crippen LogP contribution in [0.25, 0.3) is 11.5 Å². The topological polar surface area (TPSA) is 76.2 Å². The molecule has 6 heteroatoms. The molecule has 84 valence electrons. The zero-order chi connectivity index (χ0) is 11.6. The molecule has 0 bridgehead atoms. The molecule has 2 aromatic rings. The molecule has 5 nitrogen and oxygen atoms in total. The summed E-state index contributed by atoms with van der Waals surface area (Å²) < 4.78 is 25.4. The van der Waals surface area contributed by atoms with Crippen molar-refractivity contribution in [2.24, 2.45) is 0 Å². The first-order valence-corrected chi connectivity index (χ1v) is 6.48. The molecule has 0 saturated carbocycles. The number of hydrogen-bond donors (Lipinski definition) is 1. The van der Waals surface area contributed by atoms with Crippen LogP contribution in [0.4, 0.5) is 0 Å². The van der Waals surface area contributed by atoms with Crippen molar-refractivity contribution in [1.29, 1.82) is 0 Å². The lowest BCUT2D eigenvalue weighted by molar-refractivity contribution is 0.556. The number of aromatic nitrogens is 2. The average Bonchev–Trinajstić information content (AvgIpc) is 2.65. The van der Waals surface area contributed by atoms with Gasteiger partial charge in [-0.25, -0.2) is 4.21 Å². The van der Waals surface area contributed by atoms with E-state index in [-0.39, 0.29) is 5.89 Å². The van der Waals surface area contributed by atoms with E-state index in [1.165, 1.54) is 6.26 Å². The summed E-state index contributed by atoms with van der Waals surface area (Å²) in [5.41, 5.74) is 0.773. The van der Waals surface area contributed by atoms with E-state index in [0.717, 1.165) is 10.9 Å². The first-order valence-electron chi connectivity index (χ1n) is 4.50. The molecule has 1 unspecified atom stereocenters. The Labute approximate surface area is 93.0 Å². The molecule has 0 saturated heterocycles. The molecule has 1 atom stereocenters. The molecule has 0 aliphatic rings. The van der Waals surface area contributed by atoms with Gasteiger partial charge >= 0.3 is 0 Å². The fourth-order valence-corrected chi connectivity index (χ4v) is 1.64. The molecule has 1 heterocycles. The van der Waals surface area contributed by atoms with E-state index in [1.54, 1.807) is 0 Å². The van der Waals surface area contributed by atoms with Gasteiger partial charge in [0.15, 0.2) is 0 Å². The minimum absolute atomic E-state index is 0.0499. The minimum atomic E-state index is -3.02. The molecule has 0 spiro atoms. The first-order chi connectivity index (χ1) is 7.54. The first kappa shape index (κ1) is 10.8. The van der Waals surface area contributed by atoms with Gasteiger partial charge in [0.05, 0.1) is 15.2 Å². The number of rotatable bonds is 2. The van der Waals surface area contributed by atoms with Crippen LogP contribution in [-0.4, -0.2) is 30.6 Å². The van der Waals surface area contributed by atoms with Crippen molar-refractivity contribution in [3.63, 3.8) is 0 Å². The summed E-state index contributed by atoms with van der Waals surface area (Å²) in [5.74, 6) is 0.379. The van der Waals surface area contributed by atoms with Gasteiger partial charge in [-0.2, -0.15) is 0 Å². The van der Waals surface area contributed by atoms with E-state index in [0.29, 0.717) is 5.89 Å². The molecule has 16 heavy (non-hydrogen) atoms. The van der Waals surface area contributed by atoms with Gasteiger partial charge in [-0.05, 0) is 12.1 Å². The van der Waals surface area contributed by atoms with Gasteiger partial charge in [0.2, 0.25) is 5.89 Å². The highest BCUT2D eigenvalue weighted by Gasteiger charge is 2.07. The van der Waals surface area contributed by atoms with Crippen molar-refractivity contribution in [2.45, 2.75) is 0 Å². The van der Waals surface area contributed by atoms with E-state index >= 15 is 0 Å². The van der Waals surface area contributed by atoms with Gasteiger partial charge in [0.25, 0.3) is 5.89 Å². The Morgan fingerprint density at radius 2 is 2.00 bits per heavy atom. The fraction of sp³-hybridized carbons (Fsp3) is 0.100. The highest BCUT2D eigenvalue weighted by Crippen LogP contribution is 2.16. The maximum Gasteiger partial charge on any atom is 0.251 e. The molecule has 0 aliphatic carbocycles. The van der Waals surface area contributed by atoms with Gasteiger partial charge in [-0.3, -0.25) is 0 Å². The predicted molar refractivity (Wildman–Crippen MR) is 61.6 cm³/mol. The summed E-state index contributed by atoms with van der Waals surface area (Å²) in [5, 5.41) is 8.50. The predicted octanol–water partition coefficient (Wildman–Crippen LogP) is 1.27. The molecule has 0 radical (unpaired) electrons. The van der Waals surface area contributed by atoms with Gasteiger partial charge in [-0.15, -0.1) is 10.2 Å². The van der Waals surface area contributed by atoms with Crippen LogP contribution in [0.5, 0.6) is 0 Å². The molecule has 1 N–H and O–H groups in total. The quantitative estimate of drug-likeness (QED) is 0.797. The number of hydrogen-bond acceptors (Lipinski definition) is 4. The van der Waals surface area contributed by atoms with Crippen molar-refractivity contribution >= 4 is 15.2 Å². The van der Waals surface area contributed by atoms with E-state index in [9.17, 15) is 4.21 Å². The lowest BCUT2D eigenvalue weighted by Gasteiger charge is -1.91. The van der Waals surface area contributed by atoms with Crippen molar-refractivity contribution in [3.8, 4) is 11.5 Å². The molecule has 0 aliphatic heterocycles. The summed E-state index contributed by atoms with van der Waals surface area (Å²) in [6.07, 6.45) is 1.18. The molecule has 1 aromatic carbocycles. The van der Waals surface area contributed by atoms with Gasteiger partial charge < -0.3 is 8.97 Å². The summed E-state index contributed by atoms with van der Waals surface area (Å²) >= 11 is 0. The molecular formula is C10H10N2O3S. The lowest BCUT2D eigenvalue weighted by Crippen LogP contribution is -1.99. The normalized spacial score (nSPS) is 14.4. The van der Waals surface area contributed by atoms with Crippen LogP contribution >= 0.6 is 0 Å². The highest BCUT2D eigenvalue weighted by molar-refractivity contribution is 7.95. The highest BCUT2D eigenvalue weighted by atomic mass is 32.2. The maximum absolute atomic E-state index is 11.1. The van der Waals surface area contributed by atoms with E-state index in [2.05, 4.69) is 10.2 Å². The second kappa shape index (κ2) is 4.07. The monoisotopic (exact) mass is 238 g/mol. The Morgan fingerprint density at radius 3 is 2.62 bits per heavy atom. The zero-order valence-corrected chi connectivity index (χ0v) is 9.35. The van der Waals surface area contributed by atoms with Crippen LogP contribution in [0, 0.1) is 0 Å². The Kier molecular flexibility index (Phi) is 2.76. The van der Waals surface area contributed by atoms with E-state index in [1.807, 2.05) is 30.3 Å². The van der Waals surface area contributed by atoms with Gasteiger partial charge in [0.1, 0.15) is 0 Å². The third kappa shape index (κ3) is 2.68. The van der Waals surface area contributed by atoms with Crippen molar-refractivity contribution in [3.05, 3.63) is 36.2 Å². The zero-order valence-electron chi connectivity index (χ0n) is 8.53. The van der Waals surface area contributed by atoms with Gasteiger partial charge in [-0.1, -0.05) is 18.2 Å². The van der Waals surface area contributed by atoms with E-state index in [4.69, 9.17) is 8.97 Å². The van der Waals surface area contributed by atoms with Crippen LogP contribution in [0.3, 0.4) is 0 Å². The Hall–Kier alpha value is -1.66. The minimum Gasteiger partial charge on any atom is -0.416 e. The molecule has 0 fully saturated rings. The van der Waals surface area contributed by atoms with Crippen LogP contribution < -0.4 is 0 Å². The van der Waals surface area contributed by atoms with Crippen LogP contribution in [0.15, 0.2) is 34.7 Å². The molecule has 0 amide bonds. The summed E-state index contributed by atoms with van der Waals surface area (Å²) in [6.45, 7) is 0. The average molecular weight is 238 g/mol. The second-order valence-corrected chi connectivity index (χ2v) is 5.25. The third-order valence-corrected chi connectivity index (χ3v) is 2.42. The SMILES string of the molecule is CS(=O)(O)=Cc1nnc(-c2ccccc2)o1. The molecular weight excluding hydrogens is 228 g/mol. The number of nitrogens with zero attached hydrogens (tertiary/aromatic N) is 2. The van der Waals surface area contributed by atoms with Crippen LogP contribution in [-0.2, 0) is 9.80 Å². The number of benzene rings is 1. The van der Waals surface area contributed by atoms with Crippen LogP contribution in [0.2, 0.25) is 0 Å². The van der Waals surface area contributed by atoms with Gasteiger partial charge in [0, 0.05) is 11.8 Å². The maximum atomic E-state index is 11.1. The Balaban J connectivity index is 2.38. The summed E-state index contributed by atoms with van der Waals surface area (Å²) in [7, 11) is -3.02. The smallest absolute Gasteiger partial charge is 0.251 e. The fourth-order valence-electron chi connectivity index (χ4n) is 1.17. The standard InChI is InChI=1S/C10H10N2O3S/c1-16(13,14)7-9-11-12-10(15-9)8-5-3-2-4-6-8/h2-7H,1H3,(H,13,14).